The highest BCUT2D eigenvalue weighted by Gasteiger charge is 2.16. The molecular formula is C16H15N5O. The first-order chi connectivity index (χ1) is 10.7. The van der Waals surface area contributed by atoms with Crippen LogP contribution in [0.25, 0.3) is 5.82 Å². The van der Waals surface area contributed by atoms with Crippen LogP contribution in [0.15, 0.2) is 48.9 Å². The fourth-order valence-corrected chi connectivity index (χ4v) is 2.13. The summed E-state index contributed by atoms with van der Waals surface area (Å²) >= 11 is 0. The molecule has 0 aromatic carbocycles. The van der Waals surface area contributed by atoms with Gasteiger partial charge in [-0.05, 0) is 37.6 Å². The largest absolute Gasteiger partial charge is 0.306 e. The van der Waals surface area contributed by atoms with Gasteiger partial charge in [-0.15, -0.1) is 0 Å². The van der Waals surface area contributed by atoms with Crippen molar-refractivity contribution in [1.29, 1.82) is 0 Å². The zero-order valence-electron chi connectivity index (χ0n) is 12.3. The van der Waals surface area contributed by atoms with Crippen molar-refractivity contribution < 1.29 is 4.79 Å². The maximum atomic E-state index is 12.4. The zero-order valence-corrected chi connectivity index (χ0v) is 12.3. The highest BCUT2D eigenvalue weighted by molar-refractivity contribution is 6.04. The molecule has 0 aliphatic heterocycles. The molecule has 3 aromatic heterocycles. The minimum Gasteiger partial charge on any atom is -0.306 e. The summed E-state index contributed by atoms with van der Waals surface area (Å²) in [6, 6.07) is 9.27. The molecule has 0 bridgehead atoms. The molecule has 3 heterocycles. The first kappa shape index (κ1) is 13.9. The van der Waals surface area contributed by atoms with Crippen LogP contribution in [0.5, 0.6) is 0 Å². The number of hydrogen-bond donors (Lipinski definition) is 1. The van der Waals surface area contributed by atoms with E-state index in [0.29, 0.717) is 17.2 Å². The Morgan fingerprint density at radius 3 is 2.64 bits per heavy atom. The molecule has 1 amide bonds. The van der Waals surface area contributed by atoms with Gasteiger partial charge in [0.2, 0.25) is 0 Å². The summed E-state index contributed by atoms with van der Waals surface area (Å²) in [5.74, 6) is 0.993. The van der Waals surface area contributed by atoms with E-state index in [-0.39, 0.29) is 5.91 Å². The highest BCUT2D eigenvalue weighted by Crippen LogP contribution is 2.15. The minimum absolute atomic E-state index is 0.235. The topological polar surface area (TPSA) is 72.7 Å². The van der Waals surface area contributed by atoms with Gasteiger partial charge < -0.3 is 5.32 Å². The van der Waals surface area contributed by atoms with Crippen molar-refractivity contribution in [2.24, 2.45) is 0 Å². The van der Waals surface area contributed by atoms with Crippen molar-refractivity contribution in [3.63, 3.8) is 0 Å². The molecule has 1 N–H and O–H groups in total. The molecule has 0 radical (unpaired) electrons. The number of nitrogens with zero attached hydrogens (tertiary/aromatic N) is 4. The SMILES string of the molecule is Cc1cccnc1NC(=O)c1cnn(-c2ccccn2)c1C. The lowest BCUT2D eigenvalue weighted by Gasteiger charge is -2.07. The fourth-order valence-electron chi connectivity index (χ4n) is 2.13. The van der Waals surface area contributed by atoms with Gasteiger partial charge in [0, 0.05) is 12.4 Å². The number of anilines is 1. The van der Waals surface area contributed by atoms with Crippen LogP contribution in [0.2, 0.25) is 0 Å². The Hall–Kier alpha value is -3.02. The number of nitrogens with one attached hydrogen (secondary N) is 1. The molecule has 110 valence electrons. The number of pyridine rings is 2. The molecule has 0 aliphatic carbocycles. The fraction of sp³-hybridized carbons (Fsp3) is 0.125. The molecule has 0 atom stereocenters. The van der Waals surface area contributed by atoms with E-state index in [9.17, 15) is 4.79 Å². The van der Waals surface area contributed by atoms with Gasteiger partial charge in [-0.3, -0.25) is 4.79 Å². The molecular weight excluding hydrogens is 278 g/mol. The van der Waals surface area contributed by atoms with Crippen molar-refractivity contribution in [2.75, 3.05) is 5.32 Å². The second kappa shape index (κ2) is 5.77. The van der Waals surface area contributed by atoms with Crippen molar-refractivity contribution in [3.8, 4) is 5.82 Å². The molecule has 22 heavy (non-hydrogen) atoms. The van der Waals surface area contributed by atoms with Crippen LogP contribution in [0.3, 0.4) is 0 Å². The van der Waals surface area contributed by atoms with Crippen LogP contribution in [-0.2, 0) is 0 Å². The van der Waals surface area contributed by atoms with E-state index in [0.717, 1.165) is 11.3 Å². The third-order valence-electron chi connectivity index (χ3n) is 3.36. The summed E-state index contributed by atoms with van der Waals surface area (Å²) in [5, 5.41) is 7.05. The van der Waals surface area contributed by atoms with E-state index < -0.39 is 0 Å². The minimum atomic E-state index is -0.235. The number of carbonyl (C=O) groups excluding carboxylic acids is 1. The third-order valence-corrected chi connectivity index (χ3v) is 3.36. The zero-order chi connectivity index (χ0) is 15.5. The maximum Gasteiger partial charge on any atom is 0.260 e. The first-order valence-corrected chi connectivity index (χ1v) is 6.86. The van der Waals surface area contributed by atoms with Gasteiger partial charge in [0.05, 0.1) is 17.5 Å². The molecule has 0 aliphatic rings. The summed E-state index contributed by atoms with van der Waals surface area (Å²) in [6.45, 7) is 3.73. The smallest absolute Gasteiger partial charge is 0.260 e. The Morgan fingerprint density at radius 1 is 1.09 bits per heavy atom. The summed E-state index contributed by atoms with van der Waals surface area (Å²) in [4.78, 5) is 20.8. The standard InChI is InChI=1S/C16H15N5O/c1-11-6-5-9-18-15(11)20-16(22)13-10-19-21(12(13)2)14-7-3-4-8-17-14/h3-10H,1-2H3,(H,18,20,22). The molecule has 6 nitrogen and oxygen atoms in total. The molecule has 0 spiro atoms. The van der Waals surface area contributed by atoms with Crippen molar-refractivity contribution in [1.82, 2.24) is 19.7 Å². The normalized spacial score (nSPS) is 10.5. The van der Waals surface area contributed by atoms with Crippen LogP contribution < -0.4 is 5.32 Å². The van der Waals surface area contributed by atoms with Gasteiger partial charge in [0.15, 0.2) is 5.82 Å². The van der Waals surface area contributed by atoms with E-state index in [1.165, 1.54) is 6.20 Å². The number of amides is 1. The third kappa shape index (κ3) is 2.58. The second-order valence-electron chi connectivity index (χ2n) is 4.87. The Balaban J connectivity index is 1.89. The van der Waals surface area contributed by atoms with E-state index in [1.54, 1.807) is 17.1 Å². The quantitative estimate of drug-likeness (QED) is 0.805. The van der Waals surface area contributed by atoms with Crippen molar-refractivity contribution in [2.45, 2.75) is 13.8 Å². The predicted molar refractivity (Wildman–Crippen MR) is 83.0 cm³/mol. The molecule has 0 saturated carbocycles. The van der Waals surface area contributed by atoms with Gasteiger partial charge in [-0.25, -0.2) is 14.6 Å². The van der Waals surface area contributed by atoms with Crippen LogP contribution in [0, 0.1) is 13.8 Å². The van der Waals surface area contributed by atoms with Crippen LogP contribution in [0.4, 0.5) is 5.82 Å². The monoisotopic (exact) mass is 293 g/mol. The molecule has 0 fully saturated rings. The molecule has 6 heteroatoms. The van der Waals surface area contributed by atoms with Crippen LogP contribution in [-0.4, -0.2) is 25.7 Å². The number of carbonyl (C=O) groups is 1. The lowest BCUT2D eigenvalue weighted by Crippen LogP contribution is -2.15. The van der Waals surface area contributed by atoms with Crippen LogP contribution in [0.1, 0.15) is 21.6 Å². The van der Waals surface area contributed by atoms with E-state index >= 15 is 0 Å². The predicted octanol–water partition coefficient (Wildman–Crippen LogP) is 2.53. The number of hydrogen-bond acceptors (Lipinski definition) is 4. The Morgan fingerprint density at radius 2 is 1.91 bits per heavy atom. The molecule has 0 unspecified atom stereocenters. The summed E-state index contributed by atoms with van der Waals surface area (Å²) < 4.78 is 1.64. The van der Waals surface area contributed by atoms with Gasteiger partial charge in [-0.1, -0.05) is 12.1 Å². The summed E-state index contributed by atoms with van der Waals surface area (Å²) in [6.07, 6.45) is 4.87. The molecule has 0 saturated heterocycles. The van der Waals surface area contributed by atoms with Crippen molar-refractivity contribution >= 4 is 11.7 Å². The second-order valence-corrected chi connectivity index (χ2v) is 4.87. The average Bonchev–Trinajstić information content (AvgIpc) is 2.92. The molecule has 3 aromatic rings. The first-order valence-electron chi connectivity index (χ1n) is 6.86. The van der Waals surface area contributed by atoms with Gasteiger partial charge in [0.1, 0.15) is 5.82 Å². The Kier molecular flexibility index (Phi) is 3.65. The maximum absolute atomic E-state index is 12.4. The van der Waals surface area contributed by atoms with Gasteiger partial charge in [0.25, 0.3) is 5.91 Å². The van der Waals surface area contributed by atoms with E-state index in [2.05, 4.69) is 20.4 Å². The van der Waals surface area contributed by atoms with Gasteiger partial charge >= 0.3 is 0 Å². The molecule has 3 rings (SSSR count). The Labute approximate surface area is 127 Å². The van der Waals surface area contributed by atoms with E-state index in [4.69, 9.17) is 0 Å². The van der Waals surface area contributed by atoms with Crippen LogP contribution >= 0.6 is 0 Å². The summed E-state index contributed by atoms with van der Waals surface area (Å²) in [7, 11) is 0. The van der Waals surface area contributed by atoms with Gasteiger partial charge in [-0.2, -0.15) is 5.10 Å². The van der Waals surface area contributed by atoms with E-state index in [1.807, 2.05) is 44.2 Å². The lowest BCUT2D eigenvalue weighted by molar-refractivity contribution is 0.102. The van der Waals surface area contributed by atoms with Crippen molar-refractivity contribution in [3.05, 3.63) is 65.7 Å². The lowest BCUT2D eigenvalue weighted by atomic mass is 10.2. The number of aryl methyl sites for hydroxylation is 1. The highest BCUT2D eigenvalue weighted by atomic mass is 16.1. The number of rotatable bonds is 3. The summed E-state index contributed by atoms with van der Waals surface area (Å²) in [5.41, 5.74) is 2.13. The number of aromatic nitrogens is 4. The Bertz CT molecular complexity index is 810. The average molecular weight is 293 g/mol.